The summed E-state index contributed by atoms with van der Waals surface area (Å²) in [6.45, 7) is 1.89. The molecule has 7 heteroatoms. The maximum absolute atomic E-state index is 12.6. The smallest absolute Gasteiger partial charge is 0.274 e. The van der Waals surface area contributed by atoms with Gasteiger partial charge in [0.05, 0.1) is 5.02 Å². The summed E-state index contributed by atoms with van der Waals surface area (Å²) >= 11 is 6.14. The highest BCUT2D eigenvalue weighted by atomic mass is 35.5. The van der Waals surface area contributed by atoms with Crippen LogP contribution in [-0.2, 0) is 0 Å². The number of amides is 1. The molecule has 3 aromatic rings. The van der Waals surface area contributed by atoms with Crippen molar-refractivity contribution in [1.29, 1.82) is 5.26 Å². The summed E-state index contributed by atoms with van der Waals surface area (Å²) in [5.74, 6) is -0.115. The molecule has 0 fully saturated rings. The summed E-state index contributed by atoms with van der Waals surface area (Å²) in [5.41, 5.74) is 1.89. The molecule has 0 saturated heterocycles. The standard InChI is InChI=1S/C17H12ClN5O/c1-11-5-2-3-7-14(11)21-17(24)15-9-12(10-19)22-23(15)16-13(18)6-4-8-20-16/h2-9H,1H3,(H,21,24). The maximum Gasteiger partial charge on any atom is 0.274 e. The molecule has 2 aromatic heterocycles. The molecule has 1 N–H and O–H groups in total. The van der Waals surface area contributed by atoms with Gasteiger partial charge in [-0.15, -0.1) is 0 Å². The van der Waals surface area contributed by atoms with Crippen LogP contribution in [0.5, 0.6) is 0 Å². The predicted molar refractivity (Wildman–Crippen MR) is 90.2 cm³/mol. The molecule has 0 unspecified atom stereocenters. The fourth-order valence-corrected chi connectivity index (χ4v) is 2.39. The van der Waals surface area contributed by atoms with E-state index in [1.807, 2.05) is 31.2 Å². The zero-order valence-corrected chi connectivity index (χ0v) is 13.4. The van der Waals surface area contributed by atoms with E-state index in [-0.39, 0.29) is 17.2 Å². The molecule has 6 nitrogen and oxygen atoms in total. The van der Waals surface area contributed by atoms with E-state index >= 15 is 0 Å². The van der Waals surface area contributed by atoms with Gasteiger partial charge in [-0.3, -0.25) is 4.79 Å². The number of aromatic nitrogens is 3. The number of anilines is 1. The van der Waals surface area contributed by atoms with E-state index in [2.05, 4.69) is 15.4 Å². The lowest BCUT2D eigenvalue weighted by atomic mass is 10.2. The number of hydrogen-bond donors (Lipinski definition) is 1. The highest BCUT2D eigenvalue weighted by Crippen LogP contribution is 2.21. The Morgan fingerprint density at radius 1 is 1.29 bits per heavy atom. The second-order valence-corrected chi connectivity index (χ2v) is 5.42. The van der Waals surface area contributed by atoms with Gasteiger partial charge in [0.1, 0.15) is 11.8 Å². The van der Waals surface area contributed by atoms with E-state index in [0.717, 1.165) is 5.56 Å². The number of hydrogen-bond acceptors (Lipinski definition) is 4. The molecule has 1 aromatic carbocycles. The van der Waals surface area contributed by atoms with Crippen LogP contribution in [0.1, 0.15) is 21.7 Å². The number of carbonyl (C=O) groups excluding carboxylic acids is 1. The van der Waals surface area contributed by atoms with E-state index in [1.54, 1.807) is 18.2 Å². The fourth-order valence-electron chi connectivity index (χ4n) is 2.19. The summed E-state index contributed by atoms with van der Waals surface area (Å²) in [5, 5.41) is 16.3. The Morgan fingerprint density at radius 3 is 2.79 bits per heavy atom. The number of nitrogens with one attached hydrogen (secondary N) is 1. The predicted octanol–water partition coefficient (Wildman–Crippen LogP) is 3.35. The number of carbonyl (C=O) groups is 1. The van der Waals surface area contributed by atoms with Gasteiger partial charge in [0.2, 0.25) is 0 Å². The summed E-state index contributed by atoms with van der Waals surface area (Å²) in [6.07, 6.45) is 1.54. The first-order valence-electron chi connectivity index (χ1n) is 7.08. The van der Waals surface area contributed by atoms with Crippen LogP contribution in [0.2, 0.25) is 5.02 Å². The molecule has 0 aliphatic rings. The van der Waals surface area contributed by atoms with Gasteiger partial charge in [0, 0.05) is 18.0 Å². The average Bonchev–Trinajstić information content (AvgIpc) is 3.02. The molecular formula is C17H12ClN5O. The Balaban J connectivity index is 2.03. The number of nitrogens with zero attached hydrogens (tertiary/aromatic N) is 4. The second kappa shape index (κ2) is 6.52. The highest BCUT2D eigenvalue weighted by molar-refractivity contribution is 6.32. The fraction of sp³-hybridized carbons (Fsp3) is 0.0588. The van der Waals surface area contributed by atoms with Gasteiger partial charge in [-0.25, -0.2) is 9.67 Å². The number of aryl methyl sites for hydroxylation is 1. The summed E-state index contributed by atoms with van der Waals surface area (Å²) in [6, 6.07) is 14.0. The lowest BCUT2D eigenvalue weighted by molar-refractivity contribution is 0.101. The molecule has 0 radical (unpaired) electrons. The molecule has 0 saturated carbocycles. The lowest BCUT2D eigenvalue weighted by Gasteiger charge is -2.10. The van der Waals surface area contributed by atoms with Crippen molar-refractivity contribution in [3.63, 3.8) is 0 Å². The molecule has 0 spiro atoms. The van der Waals surface area contributed by atoms with E-state index in [9.17, 15) is 4.79 Å². The summed E-state index contributed by atoms with van der Waals surface area (Å²) in [4.78, 5) is 16.8. The topological polar surface area (TPSA) is 83.6 Å². The van der Waals surface area contributed by atoms with E-state index < -0.39 is 5.91 Å². The number of nitriles is 1. The van der Waals surface area contributed by atoms with Gasteiger partial charge >= 0.3 is 0 Å². The summed E-state index contributed by atoms with van der Waals surface area (Å²) in [7, 11) is 0. The quantitative estimate of drug-likeness (QED) is 0.794. The zero-order chi connectivity index (χ0) is 17.1. The van der Waals surface area contributed by atoms with Crippen LogP contribution < -0.4 is 5.32 Å². The van der Waals surface area contributed by atoms with Gasteiger partial charge in [-0.05, 0) is 30.7 Å². The maximum atomic E-state index is 12.6. The first kappa shape index (κ1) is 15.7. The van der Waals surface area contributed by atoms with Gasteiger partial charge in [0.15, 0.2) is 11.5 Å². The SMILES string of the molecule is Cc1ccccc1NC(=O)c1cc(C#N)nn1-c1ncccc1Cl. The zero-order valence-electron chi connectivity index (χ0n) is 12.7. The minimum atomic E-state index is -0.403. The van der Waals surface area contributed by atoms with Crippen molar-refractivity contribution in [2.75, 3.05) is 5.32 Å². The largest absolute Gasteiger partial charge is 0.320 e. The minimum absolute atomic E-state index is 0.103. The normalized spacial score (nSPS) is 10.2. The van der Waals surface area contributed by atoms with Gasteiger partial charge in [-0.2, -0.15) is 10.4 Å². The van der Waals surface area contributed by atoms with Crippen LogP contribution in [0.25, 0.3) is 5.82 Å². The Kier molecular flexibility index (Phi) is 4.27. The molecule has 24 heavy (non-hydrogen) atoms. The Bertz CT molecular complexity index is 958. The number of halogens is 1. The molecule has 3 rings (SSSR count). The molecule has 0 atom stereocenters. The van der Waals surface area contributed by atoms with Crippen molar-refractivity contribution < 1.29 is 4.79 Å². The minimum Gasteiger partial charge on any atom is -0.320 e. The van der Waals surface area contributed by atoms with E-state index in [1.165, 1.54) is 16.9 Å². The van der Waals surface area contributed by atoms with Crippen molar-refractivity contribution in [3.05, 3.63) is 70.6 Å². The highest BCUT2D eigenvalue weighted by Gasteiger charge is 2.19. The molecule has 0 aliphatic heterocycles. The van der Waals surface area contributed by atoms with Crippen molar-refractivity contribution in [2.45, 2.75) is 6.92 Å². The average molecular weight is 338 g/mol. The molecular weight excluding hydrogens is 326 g/mol. The van der Waals surface area contributed by atoms with Crippen molar-refractivity contribution in [1.82, 2.24) is 14.8 Å². The third-order valence-electron chi connectivity index (χ3n) is 3.39. The molecule has 1 amide bonds. The Labute approximate surface area is 143 Å². The van der Waals surface area contributed by atoms with Crippen LogP contribution in [0, 0.1) is 18.3 Å². The number of rotatable bonds is 3. The van der Waals surface area contributed by atoms with Crippen molar-refractivity contribution in [3.8, 4) is 11.9 Å². The molecule has 0 aliphatic carbocycles. The summed E-state index contributed by atoms with van der Waals surface area (Å²) < 4.78 is 1.27. The van der Waals surface area contributed by atoms with Crippen molar-refractivity contribution >= 4 is 23.2 Å². The van der Waals surface area contributed by atoms with Crippen LogP contribution in [0.4, 0.5) is 5.69 Å². The first-order valence-corrected chi connectivity index (χ1v) is 7.46. The molecule has 2 heterocycles. The van der Waals surface area contributed by atoms with E-state index in [4.69, 9.17) is 16.9 Å². The van der Waals surface area contributed by atoms with Gasteiger partial charge in [0.25, 0.3) is 5.91 Å². The number of benzene rings is 1. The first-order chi connectivity index (χ1) is 11.6. The number of pyridine rings is 1. The van der Waals surface area contributed by atoms with Crippen LogP contribution in [0.3, 0.4) is 0 Å². The molecule has 118 valence electrons. The van der Waals surface area contributed by atoms with Gasteiger partial charge < -0.3 is 5.32 Å². The van der Waals surface area contributed by atoms with Crippen molar-refractivity contribution in [2.24, 2.45) is 0 Å². The monoisotopic (exact) mass is 337 g/mol. The third-order valence-corrected chi connectivity index (χ3v) is 3.68. The van der Waals surface area contributed by atoms with Crippen LogP contribution in [-0.4, -0.2) is 20.7 Å². The lowest BCUT2D eigenvalue weighted by Crippen LogP contribution is -2.18. The molecule has 0 bridgehead atoms. The number of para-hydroxylation sites is 1. The van der Waals surface area contributed by atoms with Crippen LogP contribution >= 0.6 is 11.6 Å². The third kappa shape index (κ3) is 2.98. The second-order valence-electron chi connectivity index (χ2n) is 5.02. The van der Waals surface area contributed by atoms with Gasteiger partial charge in [-0.1, -0.05) is 29.8 Å². The van der Waals surface area contributed by atoms with Crippen LogP contribution in [0.15, 0.2) is 48.7 Å². The Hall–Kier alpha value is -3.17. The Morgan fingerprint density at radius 2 is 2.08 bits per heavy atom. The van der Waals surface area contributed by atoms with E-state index in [0.29, 0.717) is 10.7 Å².